The maximum Gasteiger partial charge on any atom is 0.246 e. The summed E-state index contributed by atoms with van der Waals surface area (Å²) in [6.07, 6.45) is 4.34. The van der Waals surface area contributed by atoms with Crippen molar-refractivity contribution in [2.24, 2.45) is 0 Å². The van der Waals surface area contributed by atoms with Crippen LogP contribution in [0.4, 0.5) is 8.78 Å². The Morgan fingerprint density at radius 1 is 1.07 bits per heavy atom. The fourth-order valence-electron chi connectivity index (χ4n) is 6.06. The molecule has 0 saturated carbocycles. The van der Waals surface area contributed by atoms with Crippen LogP contribution in [0, 0.1) is 11.6 Å². The average Bonchev–Trinajstić information content (AvgIpc) is 3.67. The number of nitrogens with zero attached hydrogens (tertiary/aromatic N) is 5. The van der Waals surface area contributed by atoms with Crippen LogP contribution in [-0.2, 0) is 30.7 Å². The van der Waals surface area contributed by atoms with Crippen molar-refractivity contribution >= 4 is 38.7 Å². The predicted octanol–water partition coefficient (Wildman–Crippen LogP) is 7.27. The third kappa shape index (κ3) is 5.43. The molecule has 0 bridgehead atoms. The summed E-state index contributed by atoms with van der Waals surface area (Å²) in [4.78, 5) is 32.4. The molecule has 2 aliphatic heterocycles. The number of amides is 1. The van der Waals surface area contributed by atoms with E-state index in [1.54, 1.807) is 4.90 Å². The Kier molecular flexibility index (Phi) is 7.71. The maximum atomic E-state index is 16.0. The van der Waals surface area contributed by atoms with E-state index >= 15 is 4.39 Å². The number of benzene rings is 1. The van der Waals surface area contributed by atoms with E-state index in [4.69, 9.17) is 19.7 Å². The Morgan fingerprint density at radius 3 is 2.71 bits per heavy atom. The molecule has 0 saturated heterocycles. The standard InChI is InChI=1S/C34H31F2N5O2S2/c1-5-28(42)41-10-7-24-27(17-41)45-34(38-24)32-30(29-23(36)13-21(35)14-26(29)43-18(2)3)33-22(8-11-44-33)31(39-32)20-12-19-6-9-40(4)16-25(19)37-15-20/h5,8,11-15,18H,1,6-7,9-10,16-17H2,2-4H3. The van der Waals surface area contributed by atoms with Gasteiger partial charge < -0.3 is 14.5 Å². The van der Waals surface area contributed by atoms with Gasteiger partial charge in [0.25, 0.3) is 0 Å². The molecule has 0 fully saturated rings. The fourth-order valence-corrected chi connectivity index (χ4v) is 8.13. The van der Waals surface area contributed by atoms with Crippen molar-refractivity contribution in [3.8, 4) is 38.8 Å². The summed E-state index contributed by atoms with van der Waals surface area (Å²) in [7, 11) is 2.09. The monoisotopic (exact) mass is 643 g/mol. The van der Waals surface area contributed by atoms with Crippen LogP contribution in [0.25, 0.3) is 43.2 Å². The minimum atomic E-state index is -0.736. The van der Waals surface area contributed by atoms with Crippen molar-refractivity contribution in [1.82, 2.24) is 24.8 Å². The molecule has 2 aliphatic rings. The highest BCUT2D eigenvalue weighted by Gasteiger charge is 2.30. The molecule has 230 valence electrons. The molecule has 7 rings (SSSR count). The first-order valence-corrected chi connectivity index (χ1v) is 16.5. The Labute approximate surface area is 267 Å². The second kappa shape index (κ2) is 11.7. The zero-order valence-electron chi connectivity index (χ0n) is 25.2. The second-order valence-electron chi connectivity index (χ2n) is 11.7. The molecule has 5 aromatic rings. The van der Waals surface area contributed by atoms with Crippen LogP contribution in [0.3, 0.4) is 0 Å². The minimum absolute atomic E-state index is 0.108. The molecule has 1 amide bonds. The Morgan fingerprint density at radius 2 is 1.91 bits per heavy atom. The highest BCUT2D eigenvalue weighted by molar-refractivity contribution is 7.18. The third-order valence-corrected chi connectivity index (χ3v) is 10.2. The molecule has 45 heavy (non-hydrogen) atoms. The Bertz CT molecular complexity index is 1990. The van der Waals surface area contributed by atoms with Crippen LogP contribution in [0.5, 0.6) is 5.75 Å². The number of aromatic nitrogens is 3. The van der Waals surface area contributed by atoms with Gasteiger partial charge >= 0.3 is 0 Å². The highest BCUT2D eigenvalue weighted by atomic mass is 32.1. The predicted molar refractivity (Wildman–Crippen MR) is 174 cm³/mol. The number of fused-ring (bicyclic) bond motifs is 3. The summed E-state index contributed by atoms with van der Waals surface area (Å²) in [5, 5.41) is 3.41. The van der Waals surface area contributed by atoms with E-state index in [1.807, 2.05) is 31.5 Å². The number of carbonyl (C=O) groups excluding carboxylic acids is 1. The molecule has 0 radical (unpaired) electrons. The van der Waals surface area contributed by atoms with Gasteiger partial charge in [0.15, 0.2) is 0 Å². The second-order valence-corrected chi connectivity index (χ2v) is 13.7. The van der Waals surface area contributed by atoms with Gasteiger partial charge in [-0.15, -0.1) is 22.7 Å². The molecular formula is C34H31F2N5O2S2. The molecule has 0 aliphatic carbocycles. The molecule has 6 heterocycles. The fraction of sp³-hybridized carbons (Fsp3) is 0.294. The number of rotatable bonds is 6. The van der Waals surface area contributed by atoms with Gasteiger partial charge in [-0.25, -0.2) is 18.7 Å². The van der Waals surface area contributed by atoms with E-state index in [2.05, 4.69) is 24.6 Å². The van der Waals surface area contributed by atoms with Gasteiger partial charge in [-0.2, -0.15) is 0 Å². The van der Waals surface area contributed by atoms with Crippen LogP contribution in [0.2, 0.25) is 0 Å². The SMILES string of the molecule is C=CC(=O)N1CCc2nc(-c3nc(-c4cnc5c(c4)CCN(C)C5)c4ccsc4c3-c3c(F)cc(F)cc3OC(C)C)sc2C1. The number of likely N-dealkylation sites (N-methyl/N-ethyl adjacent to an activating group) is 1. The zero-order chi connectivity index (χ0) is 31.4. The van der Waals surface area contributed by atoms with Crippen molar-refractivity contribution in [3.63, 3.8) is 0 Å². The van der Waals surface area contributed by atoms with Gasteiger partial charge in [-0.1, -0.05) is 6.58 Å². The molecule has 7 nitrogen and oxygen atoms in total. The topological polar surface area (TPSA) is 71.5 Å². The zero-order valence-corrected chi connectivity index (χ0v) is 26.8. The van der Waals surface area contributed by atoms with Crippen molar-refractivity contribution in [3.05, 3.63) is 82.0 Å². The summed E-state index contributed by atoms with van der Waals surface area (Å²) in [6.45, 7) is 9.96. The lowest BCUT2D eigenvalue weighted by atomic mass is 9.96. The number of pyridine rings is 2. The van der Waals surface area contributed by atoms with Crippen LogP contribution >= 0.6 is 22.7 Å². The van der Waals surface area contributed by atoms with E-state index in [0.717, 1.165) is 63.2 Å². The third-order valence-electron chi connectivity index (χ3n) is 8.18. The van der Waals surface area contributed by atoms with Gasteiger partial charge in [0.05, 0.1) is 35.3 Å². The first-order chi connectivity index (χ1) is 21.7. The smallest absolute Gasteiger partial charge is 0.246 e. The van der Waals surface area contributed by atoms with E-state index in [1.165, 1.54) is 40.4 Å². The van der Waals surface area contributed by atoms with Crippen LogP contribution in [0.1, 0.15) is 35.7 Å². The Hall–Kier alpha value is -4.06. The number of hydrogen-bond donors (Lipinski definition) is 0. The summed E-state index contributed by atoms with van der Waals surface area (Å²) in [6, 6.07) is 6.26. The molecule has 0 spiro atoms. The van der Waals surface area contributed by atoms with Crippen molar-refractivity contribution in [2.75, 3.05) is 20.1 Å². The number of halogens is 2. The summed E-state index contributed by atoms with van der Waals surface area (Å²) < 4.78 is 37.4. The largest absolute Gasteiger partial charge is 0.490 e. The minimum Gasteiger partial charge on any atom is -0.490 e. The lowest BCUT2D eigenvalue weighted by molar-refractivity contribution is -0.126. The first-order valence-electron chi connectivity index (χ1n) is 14.8. The molecule has 1 aromatic carbocycles. The summed E-state index contributed by atoms with van der Waals surface area (Å²) in [5.41, 5.74) is 5.88. The van der Waals surface area contributed by atoms with E-state index in [0.29, 0.717) is 35.8 Å². The van der Waals surface area contributed by atoms with E-state index in [-0.39, 0.29) is 23.3 Å². The highest BCUT2D eigenvalue weighted by Crippen LogP contribution is 2.48. The molecule has 4 aromatic heterocycles. The quantitative estimate of drug-likeness (QED) is 0.181. The average molecular weight is 644 g/mol. The molecule has 0 unspecified atom stereocenters. The summed E-state index contributed by atoms with van der Waals surface area (Å²) >= 11 is 2.91. The van der Waals surface area contributed by atoms with Crippen molar-refractivity contribution in [2.45, 2.75) is 45.9 Å². The molecule has 0 N–H and O–H groups in total. The molecule has 0 atom stereocenters. The molecule has 11 heteroatoms. The normalized spacial score (nSPS) is 14.9. The number of thiazole rings is 1. The number of thiophene rings is 1. The van der Waals surface area contributed by atoms with Crippen molar-refractivity contribution < 1.29 is 18.3 Å². The lowest BCUT2D eigenvalue weighted by Crippen LogP contribution is -2.34. The van der Waals surface area contributed by atoms with Crippen LogP contribution in [0.15, 0.2) is 48.5 Å². The van der Waals surface area contributed by atoms with Gasteiger partial charge in [0.1, 0.15) is 28.1 Å². The maximum absolute atomic E-state index is 16.0. The van der Waals surface area contributed by atoms with Crippen molar-refractivity contribution in [1.29, 1.82) is 0 Å². The van der Waals surface area contributed by atoms with Gasteiger partial charge in [-0.3, -0.25) is 9.78 Å². The van der Waals surface area contributed by atoms with E-state index < -0.39 is 11.6 Å². The van der Waals surface area contributed by atoms with Gasteiger partial charge in [0, 0.05) is 70.5 Å². The van der Waals surface area contributed by atoms with Gasteiger partial charge in [0.2, 0.25) is 5.91 Å². The summed E-state index contributed by atoms with van der Waals surface area (Å²) in [5.74, 6) is -1.48. The van der Waals surface area contributed by atoms with Crippen LogP contribution in [-0.4, -0.2) is 56.9 Å². The number of hydrogen-bond acceptors (Lipinski definition) is 8. The lowest BCUT2D eigenvalue weighted by Gasteiger charge is -2.24. The van der Waals surface area contributed by atoms with Gasteiger partial charge in [-0.05, 0) is 56.5 Å². The first kappa shape index (κ1) is 29.6. The van der Waals surface area contributed by atoms with Crippen LogP contribution < -0.4 is 4.74 Å². The van der Waals surface area contributed by atoms with E-state index in [9.17, 15) is 9.18 Å². The number of ether oxygens (including phenoxy) is 1. The molecular weight excluding hydrogens is 613 g/mol. The number of carbonyl (C=O) groups is 1. The Balaban J connectivity index is 1.48.